The minimum Gasteiger partial charge on any atom is -0.372 e. The number of benzene rings is 2. The van der Waals surface area contributed by atoms with Crippen molar-refractivity contribution in [1.29, 1.82) is 0 Å². The molecule has 0 aliphatic heterocycles. The Bertz CT molecular complexity index is 937. The smallest absolute Gasteiger partial charge is 0.0883 e. The van der Waals surface area contributed by atoms with Gasteiger partial charge in [0.15, 0.2) is 0 Å². The van der Waals surface area contributed by atoms with Gasteiger partial charge < -0.3 is 4.74 Å². The van der Waals surface area contributed by atoms with Crippen LogP contribution in [0.4, 0.5) is 0 Å². The zero-order valence-corrected chi connectivity index (χ0v) is 26.7. The Morgan fingerprint density at radius 3 is 1.18 bits per heavy atom. The van der Waals surface area contributed by atoms with Gasteiger partial charge in [0, 0.05) is 20.1 Å². The number of hydrogen-bond acceptors (Lipinski definition) is 1. The highest BCUT2D eigenvalue weighted by Gasteiger charge is 2.41. The molecular weight excluding hydrogens is 526 g/mol. The molecule has 0 aliphatic carbocycles. The first kappa shape index (κ1) is 29.2. The molecule has 0 aliphatic rings. The van der Waals surface area contributed by atoms with Crippen molar-refractivity contribution >= 4 is 72.9 Å². The predicted molar refractivity (Wildman–Crippen MR) is 155 cm³/mol. The van der Waals surface area contributed by atoms with Gasteiger partial charge in [-0.1, -0.05) is 114 Å². The molecule has 0 aromatic heterocycles. The molecule has 0 radical (unpaired) electrons. The lowest BCUT2D eigenvalue weighted by Crippen LogP contribution is -2.52. The largest absolute Gasteiger partial charge is 0.372 e. The highest BCUT2D eigenvalue weighted by Crippen LogP contribution is 2.40. The SMILES string of the molecule is CC(C)(C)[Si](C)(C)c1c(Cl)cc(Cl)cc1COCc1cc(Cl)cc(Cl)c1[Si](C)(C)C(C)(C)C. The maximum atomic E-state index is 6.76. The molecule has 0 heterocycles. The minimum atomic E-state index is -1.91. The quantitative estimate of drug-likeness (QED) is 0.318. The Morgan fingerprint density at radius 1 is 0.606 bits per heavy atom. The molecule has 7 heteroatoms. The Labute approximate surface area is 223 Å². The first-order valence-electron chi connectivity index (χ1n) is 11.3. The van der Waals surface area contributed by atoms with Crippen LogP contribution in [-0.4, -0.2) is 16.1 Å². The summed E-state index contributed by atoms with van der Waals surface area (Å²) in [5.74, 6) is 0. The first-order chi connectivity index (χ1) is 14.8. The number of hydrogen-bond donors (Lipinski definition) is 0. The van der Waals surface area contributed by atoms with Gasteiger partial charge in [0.25, 0.3) is 0 Å². The van der Waals surface area contributed by atoms with E-state index in [0.29, 0.717) is 23.3 Å². The van der Waals surface area contributed by atoms with E-state index < -0.39 is 16.1 Å². The van der Waals surface area contributed by atoms with E-state index in [4.69, 9.17) is 51.1 Å². The molecule has 0 fully saturated rings. The van der Waals surface area contributed by atoms with Crippen LogP contribution in [-0.2, 0) is 18.0 Å². The Hall–Kier alpha value is -0.00623. The van der Waals surface area contributed by atoms with Crippen LogP contribution in [0.1, 0.15) is 52.7 Å². The van der Waals surface area contributed by atoms with Crippen LogP contribution in [0, 0.1) is 0 Å². The van der Waals surface area contributed by atoms with Crippen LogP contribution in [0.25, 0.3) is 0 Å². The summed E-state index contributed by atoms with van der Waals surface area (Å²) in [4.78, 5) is 0. The van der Waals surface area contributed by atoms with Crippen LogP contribution < -0.4 is 10.4 Å². The molecule has 2 rings (SSSR count). The van der Waals surface area contributed by atoms with Gasteiger partial charge in [0.2, 0.25) is 0 Å². The van der Waals surface area contributed by atoms with Crippen molar-refractivity contribution in [2.75, 3.05) is 0 Å². The summed E-state index contributed by atoms with van der Waals surface area (Å²) in [7, 11) is -3.82. The molecule has 0 saturated heterocycles. The number of rotatable bonds is 6. The molecule has 0 amide bonds. The molecule has 0 saturated carbocycles. The molecule has 33 heavy (non-hydrogen) atoms. The fourth-order valence-corrected chi connectivity index (χ4v) is 11.1. The summed E-state index contributed by atoms with van der Waals surface area (Å²) in [6.45, 7) is 24.0. The van der Waals surface area contributed by atoms with Crippen molar-refractivity contribution in [3.8, 4) is 0 Å². The van der Waals surface area contributed by atoms with E-state index in [1.165, 1.54) is 10.4 Å². The molecule has 0 N–H and O–H groups in total. The molecule has 2 aromatic carbocycles. The molecule has 184 valence electrons. The van der Waals surface area contributed by atoms with Gasteiger partial charge >= 0.3 is 0 Å². The second-order valence-electron chi connectivity index (χ2n) is 12.1. The molecule has 0 bridgehead atoms. The molecule has 0 spiro atoms. The molecule has 1 nitrogen and oxygen atoms in total. The van der Waals surface area contributed by atoms with Gasteiger partial charge in [-0.15, -0.1) is 0 Å². The van der Waals surface area contributed by atoms with E-state index in [1.54, 1.807) is 0 Å². The zero-order chi connectivity index (χ0) is 25.6. The van der Waals surface area contributed by atoms with E-state index in [1.807, 2.05) is 24.3 Å². The van der Waals surface area contributed by atoms with E-state index in [0.717, 1.165) is 21.2 Å². The van der Waals surface area contributed by atoms with Gasteiger partial charge in [-0.05, 0) is 55.8 Å². The lowest BCUT2D eigenvalue weighted by atomic mass is 10.2. The predicted octanol–water partition coefficient (Wildman–Crippen LogP) is 9.45. The third-order valence-electron chi connectivity index (χ3n) is 7.79. The van der Waals surface area contributed by atoms with Crippen molar-refractivity contribution in [2.24, 2.45) is 0 Å². The minimum absolute atomic E-state index is 0.134. The van der Waals surface area contributed by atoms with Gasteiger partial charge in [-0.25, -0.2) is 0 Å². The second-order valence-corrected chi connectivity index (χ2v) is 24.3. The average Bonchev–Trinajstić information content (AvgIpc) is 2.57. The van der Waals surface area contributed by atoms with Crippen molar-refractivity contribution < 1.29 is 4.74 Å². The van der Waals surface area contributed by atoms with E-state index >= 15 is 0 Å². The average molecular weight is 565 g/mol. The monoisotopic (exact) mass is 562 g/mol. The Balaban J connectivity index is 2.46. The summed E-state index contributed by atoms with van der Waals surface area (Å²) >= 11 is 26.3. The molecule has 0 atom stereocenters. The van der Waals surface area contributed by atoms with E-state index in [-0.39, 0.29) is 10.1 Å². The van der Waals surface area contributed by atoms with Crippen LogP contribution in [0.3, 0.4) is 0 Å². The maximum Gasteiger partial charge on any atom is 0.0883 e. The summed E-state index contributed by atoms with van der Waals surface area (Å²) < 4.78 is 6.33. The molecule has 2 aromatic rings. The van der Waals surface area contributed by atoms with Crippen LogP contribution in [0.15, 0.2) is 24.3 Å². The molecule has 0 unspecified atom stereocenters. The normalized spacial score (nSPS) is 13.5. The number of ether oxygens (including phenoxy) is 1. The fourth-order valence-electron chi connectivity index (χ4n) is 3.90. The van der Waals surface area contributed by atoms with E-state index in [2.05, 4.69) is 67.7 Å². The fraction of sp³-hybridized carbons (Fsp3) is 0.538. The van der Waals surface area contributed by atoms with Gasteiger partial charge in [-0.3, -0.25) is 0 Å². The van der Waals surface area contributed by atoms with Crippen molar-refractivity contribution in [2.45, 2.75) is 91.0 Å². The van der Waals surface area contributed by atoms with Crippen molar-refractivity contribution in [1.82, 2.24) is 0 Å². The van der Waals surface area contributed by atoms with Gasteiger partial charge in [0.05, 0.1) is 29.4 Å². The second kappa shape index (κ2) is 10.2. The molecular formula is C26H38Cl4OSi2. The number of halogens is 4. The third kappa shape index (κ3) is 6.23. The Kier molecular flexibility index (Phi) is 9.00. The Morgan fingerprint density at radius 2 is 0.909 bits per heavy atom. The zero-order valence-electron chi connectivity index (χ0n) is 21.6. The first-order valence-corrected chi connectivity index (χ1v) is 18.9. The van der Waals surface area contributed by atoms with E-state index in [9.17, 15) is 0 Å². The van der Waals surface area contributed by atoms with Gasteiger partial charge in [0.1, 0.15) is 0 Å². The lowest BCUT2D eigenvalue weighted by Gasteiger charge is -2.40. The highest BCUT2D eigenvalue weighted by atomic mass is 35.5. The lowest BCUT2D eigenvalue weighted by molar-refractivity contribution is 0.108. The van der Waals surface area contributed by atoms with Crippen LogP contribution in [0.2, 0.25) is 56.4 Å². The van der Waals surface area contributed by atoms with Crippen LogP contribution in [0.5, 0.6) is 0 Å². The topological polar surface area (TPSA) is 9.23 Å². The maximum absolute atomic E-state index is 6.76. The van der Waals surface area contributed by atoms with Crippen molar-refractivity contribution in [3.63, 3.8) is 0 Å². The highest BCUT2D eigenvalue weighted by molar-refractivity contribution is 6.94. The third-order valence-corrected chi connectivity index (χ3v) is 20.3. The standard InChI is InChI=1S/C26H38Cl4OSi2/c1-25(2,3)32(7,8)23-17(11-19(27)13-21(23)29)15-31-16-18-12-20(28)14-22(30)24(18)33(9,10)26(4,5)6/h11-14H,15-16H2,1-10H3. The van der Waals surface area contributed by atoms with Crippen LogP contribution >= 0.6 is 46.4 Å². The van der Waals surface area contributed by atoms with Crippen molar-refractivity contribution in [3.05, 3.63) is 55.5 Å². The summed E-state index contributed by atoms with van der Waals surface area (Å²) in [6.07, 6.45) is 0. The van der Waals surface area contributed by atoms with Gasteiger partial charge in [-0.2, -0.15) is 0 Å². The summed E-state index contributed by atoms with van der Waals surface area (Å²) in [6, 6.07) is 7.72. The summed E-state index contributed by atoms with van der Waals surface area (Å²) in [5.41, 5.74) is 2.14. The summed E-state index contributed by atoms with van der Waals surface area (Å²) in [5, 5.41) is 5.44.